The molecule has 1 aliphatic rings. The molecule has 0 bridgehead atoms. The summed E-state index contributed by atoms with van der Waals surface area (Å²) in [5.74, 6) is 0.990. The van der Waals surface area contributed by atoms with Gasteiger partial charge in [-0.3, -0.25) is 9.20 Å². The number of imidazole rings is 1. The molecule has 0 spiro atoms. The van der Waals surface area contributed by atoms with E-state index in [-0.39, 0.29) is 5.56 Å². The maximum absolute atomic E-state index is 13.3. The van der Waals surface area contributed by atoms with Crippen LogP contribution in [-0.4, -0.2) is 42.7 Å². The van der Waals surface area contributed by atoms with Crippen molar-refractivity contribution in [3.63, 3.8) is 0 Å². The Bertz CT molecular complexity index is 1170. The molecule has 0 atom stereocenters. The van der Waals surface area contributed by atoms with Gasteiger partial charge in [-0.2, -0.15) is 4.68 Å². The van der Waals surface area contributed by atoms with Gasteiger partial charge in [-0.05, 0) is 25.0 Å². The molecule has 1 fully saturated rings. The molecule has 0 unspecified atom stereocenters. The molecule has 0 amide bonds. The van der Waals surface area contributed by atoms with Crippen molar-refractivity contribution in [3.05, 3.63) is 52.8 Å². The van der Waals surface area contributed by atoms with Crippen LogP contribution in [0.5, 0.6) is 0 Å². The van der Waals surface area contributed by atoms with E-state index >= 15 is 0 Å². The second-order valence-corrected chi connectivity index (χ2v) is 6.57. The second-order valence-electron chi connectivity index (χ2n) is 6.57. The molecule has 0 saturated heterocycles. The molecule has 3 aromatic heterocycles. The predicted octanol–water partition coefficient (Wildman–Crippen LogP) is 1.75. The predicted molar refractivity (Wildman–Crippen MR) is 95.7 cm³/mol. The minimum Gasteiger partial charge on any atom is -0.383 e. The molecule has 5 rings (SSSR count). The lowest BCUT2D eigenvalue weighted by Gasteiger charge is -2.12. The van der Waals surface area contributed by atoms with E-state index in [2.05, 4.69) is 15.3 Å². The van der Waals surface area contributed by atoms with Crippen LogP contribution in [0.4, 0.5) is 0 Å². The third kappa shape index (κ3) is 2.19. The van der Waals surface area contributed by atoms with E-state index in [9.17, 15) is 4.79 Å². The normalized spacial score (nSPS) is 14.5. The van der Waals surface area contributed by atoms with E-state index in [1.807, 2.05) is 28.7 Å². The number of benzene rings is 1. The maximum atomic E-state index is 13.3. The first kappa shape index (κ1) is 15.3. The van der Waals surface area contributed by atoms with Crippen LogP contribution in [0.15, 0.2) is 41.6 Å². The Morgan fingerprint density at radius 2 is 2.04 bits per heavy atom. The van der Waals surface area contributed by atoms with Crippen molar-refractivity contribution in [2.75, 3.05) is 13.7 Å². The van der Waals surface area contributed by atoms with Crippen molar-refractivity contribution in [2.24, 2.45) is 0 Å². The van der Waals surface area contributed by atoms with Crippen LogP contribution in [0, 0.1) is 0 Å². The standard InChI is InChI=1S/C18H18N6O2/c1-26-9-8-22-13-4-2-3-5-14(13)23-11-19-17(16(23)18(22)25)24-15(10-20-21-24)12-6-7-12/h2-5,10-12H,6-9H2,1H3. The number of ether oxygens (including phenoxy) is 1. The van der Waals surface area contributed by atoms with Gasteiger partial charge < -0.3 is 9.30 Å². The summed E-state index contributed by atoms with van der Waals surface area (Å²) in [7, 11) is 1.63. The quantitative estimate of drug-likeness (QED) is 0.548. The number of fused-ring (bicyclic) bond motifs is 3. The summed E-state index contributed by atoms with van der Waals surface area (Å²) in [5, 5.41) is 8.25. The first-order valence-corrected chi connectivity index (χ1v) is 8.68. The summed E-state index contributed by atoms with van der Waals surface area (Å²) in [6.45, 7) is 0.935. The number of hydrogen-bond donors (Lipinski definition) is 0. The summed E-state index contributed by atoms with van der Waals surface area (Å²) in [5.41, 5.74) is 3.19. The fourth-order valence-corrected chi connectivity index (χ4v) is 3.48. The Hall–Kier alpha value is -3.00. The van der Waals surface area contributed by atoms with E-state index in [4.69, 9.17) is 4.74 Å². The minimum atomic E-state index is -0.106. The molecule has 8 heteroatoms. The van der Waals surface area contributed by atoms with Crippen molar-refractivity contribution in [3.8, 4) is 5.82 Å². The Morgan fingerprint density at radius 1 is 1.23 bits per heavy atom. The van der Waals surface area contributed by atoms with Crippen LogP contribution >= 0.6 is 0 Å². The second kappa shape index (κ2) is 5.77. The molecule has 0 radical (unpaired) electrons. The van der Waals surface area contributed by atoms with Gasteiger partial charge in [0.1, 0.15) is 6.33 Å². The molecule has 8 nitrogen and oxygen atoms in total. The number of para-hydroxylation sites is 2. The fraction of sp³-hybridized carbons (Fsp3) is 0.333. The first-order valence-electron chi connectivity index (χ1n) is 8.68. The number of rotatable bonds is 5. The van der Waals surface area contributed by atoms with Gasteiger partial charge in [0.25, 0.3) is 5.56 Å². The van der Waals surface area contributed by atoms with Crippen LogP contribution in [0.1, 0.15) is 24.5 Å². The van der Waals surface area contributed by atoms with Gasteiger partial charge in [0.2, 0.25) is 0 Å². The van der Waals surface area contributed by atoms with E-state index in [0.717, 1.165) is 29.6 Å². The highest BCUT2D eigenvalue weighted by atomic mass is 16.5. The topological polar surface area (TPSA) is 79.2 Å². The Labute approximate surface area is 148 Å². The van der Waals surface area contributed by atoms with Gasteiger partial charge >= 0.3 is 0 Å². The number of methoxy groups -OCH3 is 1. The highest BCUT2D eigenvalue weighted by Crippen LogP contribution is 2.40. The van der Waals surface area contributed by atoms with Gasteiger partial charge in [-0.15, -0.1) is 5.10 Å². The van der Waals surface area contributed by atoms with E-state index in [0.29, 0.717) is 30.4 Å². The molecule has 1 aromatic carbocycles. The lowest BCUT2D eigenvalue weighted by atomic mass is 10.2. The lowest BCUT2D eigenvalue weighted by Crippen LogP contribution is -2.25. The van der Waals surface area contributed by atoms with Crippen molar-refractivity contribution >= 4 is 16.6 Å². The summed E-state index contributed by atoms with van der Waals surface area (Å²) in [4.78, 5) is 17.8. The van der Waals surface area contributed by atoms with Crippen LogP contribution in [0.2, 0.25) is 0 Å². The average molecular weight is 350 g/mol. The first-order chi connectivity index (χ1) is 12.8. The molecule has 1 aliphatic carbocycles. The highest BCUT2D eigenvalue weighted by molar-refractivity contribution is 5.80. The zero-order valence-electron chi connectivity index (χ0n) is 14.4. The Morgan fingerprint density at radius 3 is 2.81 bits per heavy atom. The summed E-state index contributed by atoms with van der Waals surface area (Å²) < 4.78 is 10.5. The van der Waals surface area contributed by atoms with E-state index in [1.165, 1.54) is 0 Å². The molecule has 0 aliphatic heterocycles. The van der Waals surface area contributed by atoms with Crippen molar-refractivity contribution in [2.45, 2.75) is 25.3 Å². The summed E-state index contributed by atoms with van der Waals surface area (Å²) in [6.07, 6.45) is 5.71. The van der Waals surface area contributed by atoms with Crippen molar-refractivity contribution < 1.29 is 4.74 Å². The van der Waals surface area contributed by atoms with E-state index < -0.39 is 0 Å². The highest BCUT2D eigenvalue weighted by Gasteiger charge is 2.30. The molecule has 26 heavy (non-hydrogen) atoms. The van der Waals surface area contributed by atoms with Gasteiger partial charge in [0.15, 0.2) is 11.3 Å². The van der Waals surface area contributed by atoms with Gasteiger partial charge in [-0.25, -0.2) is 4.98 Å². The maximum Gasteiger partial charge on any atom is 0.279 e. The summed E-state index contributed by atoms with van der Waals surface area (Å²) >= 11 is 0. The smallest absolute Gasteiger partial charge is 0.279 e. The van der Waals surface area contributed by atoms with Crippen LogP contribution < -0.4 is 5.56 Å². The third-order valence-corrected chi connectivity index (χ3v) is 4.92. The SMILES string of the molecule is COCCn1c(=O)c2c(-n3nncc3C3CC3)ncn2c2ccccc21. The Balaban J connectivity index is 1.83. The molecular formula is C18H18N6O2. The van der Waals surface area contributed by atoms with Gasteiger partial charge in [-0.1, -0.05) is 17.3 Å². The summed E-state index contributed by atoms with van der Waals surface area (Å²) in [6, 6.07) is 7.81. The molecule has 4 aromatic rings. The van der Waals surface area contributed by atoms with Crippen LogP contribution in [0.25, 0.3) is 22.4 Å². The lowest BCUT2D eigenvalue weighted by molar-refractivity contribution is 0.187. The van der Waals surface area contributed by atoms with E-state index in [1.54, 1.807) is 28.9 Å². The molecular weight excluding hydrogens is 332 g/mol. The third-order valence-electron chi connectivity index (χ3n) is 4.92. The van der Waals surface area contributed by atoms with Crippen LogP contribution in [-0.2, 0) is 11.3 Å². The number of nitrogens with zero attached hydrogens (tertiary/aromatic N) is 6. The number of aromatic nitrogens is 6. The molecule has 0 N–H and O–H groups in total. The zero-order valence-corrected chi connectivity index (χ0v) is 14.4. The largest absolute Gasteiger partial charge is 0.383 e. The number of hydrogen-bond acceptors (Lipinski definition) is 5. The minimum absolute atomic E-state index is 0.106. The van der Waals surface area contributed by atoms with Crippen molar-refractivity contribution in [1.82, 2.24) is 28.9 Å². The van der Waals surface area contributed by atoms with Crippen LogP contribution in [0.3, 0.4) is 0 Å². The molecule has 3 heterocycles. The van der Waals surface area contributed by atoms with Crippen molar-refractivity contribution in [1.29, 1.82) is 0 Å². The molecule has 1 saturated carbocycles. The molecule has 132 valence electrons. The fourth-order valence-electron chi connectivity index (χ4n) is 3.48. The van der Waals surface area contributed by atoms with Gasteiger partial charge in [0, 0.05) is 19.6 Å². The average Bonchev–Trinajstić information content (AvgIpc) is 3.22. The zero-order chi connectivity index (χ0) is 17.7. The Kier molecular flexibility index (Phi) is 3.39. The van der Waals surface area contributed by atoms with Gasteiger partial charge in [0.05, 0.1) is 29.5 Å². The monoisotopic (exact) mass is 350 g/mol.